The topological polar surface area (TPSA) is 69.2 Å². The normalized spacial score (nSPS) is 21.3. The van der Waals surface area contributed by atoms with E-state index in [0.29, 0.717) is 18.5 Å². The molecule has 0 bridgehead atoms. The molecule has 1 unspecified atom stereocenters. The molecule has 1 atom stereocenters. The van der Waals surface area contributed by atoms with Gasteiger partial charge in [0.25, 0.3) is 5.89 Å². The Morgan fingerprint density at radius 3 is 3.00 bits per heavy atom. The molecule has 130 valence electrons. The van der Waals surface area contributed by atoms with Crippen molar-refractivity contribution < 1.29 is 9.26 Å². The SMILES string of the molecule is COCc1nc(CN2CCC(n3c(C)nc4c3CCCC4)C2)no1. The van der Waals surface area contributed by atoms with Crippen LogP contribution in [-0.4, -0.2) is 44.8 Å². The summed E-state index contributed by atoms with van der Waals surface area (Å²) in [6, 6.07) is 0.518. The third kappa shape index (κ3) is 2.98. The molecule has 0 N–H and O–H groups in total. The van der Waals surface area contributed by atoms with Gasteiger partial charge in [0.05, 0.1) is 12.2 Å². The lowest BCUT2D eigenvalue weighted by Crippen LogP contribution is -2.23. The van der Waals surface area contributed by atoms with E-state index < -0.39 is 0 Å². The van der Waals surface area contributed by atoms with Gasteiger partial charge in [-0.2, -0.15) is 4.98 Å². The zero-order valence-electron chi connectivity index (χ0n) is 14.5. The van der Waals surface area contributed by atoms with Gasteiger partial charge in [-0.3, -0.25) is 4.90 Å². The maximum absolute atomic E-state index is 5.18. The predicted octanol–water partition coefficient (Wildman–Crippen LogP) is 2.05. The number of ether oxygens (including phenoxy) is 1. The number of fused-ring (bicyclic) bond motifs is 1. The summed E-state index contributed by atoms with van der Waals surface area (Å²) in [4.78, 5) is 11.6. The van der Waals surface area contributed by atoms with Crippen molar-refractivity contribution in [3.63, 3.8) is 0 Å². The quantitative estimate of drug-likeness (QED) is 0.835. The van der Waals surface area contributed by atoms with Crippen LogP contribution in [0.25, 0.3) is 0 Å². The number of hydrogen-bond acceptors (Lipinski definition) is 6. The smallest absolute Gasteiger partial charge is 0.252 e. The van der Waals surface area contributed by atoms with Crippen LogP contribution in [0.2, 0.25) is 0 Å². The Hall–Kier alpha value is -1.73. The third-order valence-electron chi connectivity index (χ3n) is 5.10. The molecule has 4 rings (SSSR count). The van der Waals surface area contributed by atoms with Gasteiger partial charge in [-0.15, -0.1) is 0 Å². The number of rotatable bonds is 5. The molecule has 0 saturated carbocycles. The zero-order valence-corrected chi connectivity index (χ0v) is 14.5. The van der Waals surface area contributed by atoms with Gasteiger partial charge in [0, 0.05) is 31.9 Å². The van der Waals surface area contributed by atoms with Crippen molar-refractivity contribution in [1.29, 1.82) is 0 Å². The maximum Gasteiger partial charge on any atom is 0.252 e. The number of methoxy groups -OCH3 is 1. The van der Waals surface area contributed by atoms with Gasteiger partial charge >= 0.3 is 0 Å². The summed E-state index contributed by atoms with van der Waals surface area (Å²) in [6.45, 7) is 5.34. The van der Waals surface area contributed by atoms with Crippen LogP contribution in [0.4, 0.5) is 0 Å². The van der Waals surface area contributed by atoms with E-state index in [1.807, 2.05) is 0 Å². The van der Waals surface area contributed by atoms with E-state index in [1.54, 1.807) is 7.11 Å². The molecule has 1 saturated heterocycles. The lowest BCUT2D eigenvalue weighted by Gasteiger charge is -2.20. The number of aromatic nitrogens is 4. The van der Waals surface area contributed by atoms with Gasteiger partial charge in [-0.1, -0.05) is 5.16 Å². The summed E-state index contributed by atoms with van der Waals surface area (Å²) in [5.74, 6) is 2.46. The Balaban J connectivity index is 1.44. The molecule has 24 heavy (non-hydrogen) atoms. The fourth-order valence-electron chi connectivity index (χ4n) is 4.09. The van der Waals surface area contributed by atoms with E-state index in [4.69, 9.17) is 14.2 Å². The van der Waals surface area contributed by atoms with E-state index in [0.717, 1.165) is 38.3 Å². The highest BCUT2D eigenvalue weighted by Crippen LogP contribution is 2.30. The van der Waals surface area contributed by atoms with Crippen molar-refractivity contribution in [3.05, 3.63) is 28.9 Å². The number of imidazole rings is 1. The number of likely N-dealkylation sites (tertiary alicyclic amines) is 1. The first-order chi connectivity index (χ1) is 11.7. The second-order valence-electron chi connectivity index (χ2n) is 6.84. The molecule has 2 aromatic rings. The highest BCUT2D eigenvalue weighted by atomic mass is 16.5. The minimum Gasteiger partial charge on any atom is -0.375 e. The Morgan fingerprint density at radius 2 is 2.12 bits per heavy atom. The third-order valence-corrected chi connectivity index (χ3v) is 5.10. The van der Waals surface area contributed by atoms with Crippen molar-refractivity contribution in [1.82, 2.24) is 24.6 Å². The summed E-state index contributed by atoms with van der Waals surface area (Å²) < 4.78 is 12.7. The van der Waals surface area contributed by atoms with Crippen LogP contribution in [0.1, 0.15) is 54.2 Å². The van der Waals surface area contributed by atoms with Crippen LogP contribution >= 0.6 is 0 Å². The minimum atomic E-state index is 0.371. The fraction of sp³-hybridized carbons (Fsp3) is 0.706. The minimum absolute atomic E-state index is 0.371. The Labute approximate surface area is 142 Å². The van der Waals surface area contributed by atoms with E-state index >= 15 is 0 Å². The van der Waals surface area contributed by atoms with Crippen molar-refractivity contribution in [2.24, 2.45) is 0 Å². The fourth-order valence-corrected chi connectivity index (χ4v) is 4.09. The van der Waals surface area contributed by atoms with Gasteiger partial charge < -0.3 is 13.8 Å². The van der Waals surface area contributed by atoms with Gasteiger partial charge in [-0.05, 0) is 39.0 Å². The van der Waals surface area contributed by atoms with E-state index in [2.05, 4.69) is 26.5 Å². The van der Waals surface area contributed by atoms with Crippen LogP contribution in [0.5, 0.6) is 0 Å². The van der Waals surface area contributed by atoms with Gasteiger partial charge in [0.1, 0.15) is 12.4 Å². The summed E-state index contributed by atoms with van der Waals surface area (Å²) in [7, 11) is 1.63. The Kier molecular flexibility index (Phi) is 4.37. The van der Waals surface area contributed by atoms with Crippen LogP contribution in [0, 0.1) is 6.92 Å². The molecule has 1 aliphatic carbocycles. The molecule has 0 amide bonds. The first kappa shape index (κ1) is 15.8. The molecule has 0 spiro atoms. The van der Waals surface area contributed by atoms with Crippen LogP contribution in [0.3, 0.4) is 0 Å². The average Bonchev–Trinajstić information content (AvgIpc) is 3.26. The van der Waals surface area contributed by atoms with Gasteiger partial charge in [0.2, 0.25) is 0 Å². The summed E-state index contributed by atoms with van der Waals surface area (Å²) in [5.41, 5.74) is 2.81. The molecule has 7 nitrogen and oxygen atoms in total. The molecule has 2 aromatic heterocycles. The highest BCUT2D eigenvalue weighted by molar-refractivity contribution is 5.21. The Morgan fingerprint density at radius 1 is 1.25 bits per heavy atom. The van der Waals surface area contributed by atoms with E-state index in [-0.39, 0.29) is 0 Å². The molecular formula is C17H25N5O2. The van der Waals surface area contributed by atoms with E-state index in [9.17, 15) is 0 Å². The summed E-state index contributed by atoms with van der Waals surface area (Å²) in [5, 5.41) is 4.05. The number of hydrogen-bond donors (Lipinski definition) is 0. The molecule has 7 heteroatoms. The van der Waals surface area contributed by atoms with Crippen molar-refractivity contribution in [2.45, 2.75) is 58.2 Å². The summed E-state index contributed by atoms with van der Waals surface area (Å²) >= 11 is 0. The molecule has 2 aliphatic rings. The first-order valence-electron chi connectivity index (χ1n) is 8.84. The lowest BCUT2D eigenvalue weighted by molar-refractivity contribution is 0.151. The zero-order chi connectivity index (χ0) is 16.5. The Bertz CT molecular complexity index is 708. The average molecular weight is 331 g/mol. The van der Waals surface area contributed by atoms with Crippen molar-refractivity contribution in [3.8, 4) is 0 Å². The summed E-state index contributed by atoms with van der Waals surface area (Å²) in [6.07, 6.45) is 6.05. The predicted molar refractivity (Wildman–Crippen MR) is 87.5 cm³/mol. The van der Waals surface area contributed by atoms with Gasteiger partial charge in [-0.25, -0.2) is 4.98 Å². The number of nitrogens with zero attached hydrogens (tertiary/aromatic N) is 5. The molecule has 3 heterocycles. The highest BCUT2D eigenvalue weighted by Gasteiger charge is 2.29. The maximum atomic E-state index is 5.18. The molecule has 1 fully saturated rings. The lowest BCUT2D eigenvalue weighted by atomic mass is 10.0. The van der Waals surface area contributed by atoms with Crippen molar-refractivity contribution >= 4 is 0 Å². The monoisotopic (exact) mass is 331 g/mol. The largest absolute Gasteiger partial charge is 0.375 e. The molecule has 0 radical (unpaired) electrons. The second-order valence-corrected chi connectivity index (χ2v) is 6.84. The van der Waals surface area contributed by atoms with E-state index in [1.165, 1.54) is 36.5 Å². The van der Waals surface area contributed by atoms with Gasteiger partial charge in [0.15, 0.2) is 5.82 Å². The molecule has 1 aliphatic heterocycles. The van der Waals surface area contributed by atoms with Crippen molar-refractivity contribution in [2.75, 3.05) is 20.2 Å². The van der Waals surface area contributed by atoms with Crippen LogP contribution in [0.15, 0.2) is 4.52 Å². The first-order valence-corrected chi connectivity index (χ1v) is 8.84. The van der Waals surface area contributed by atoms with Crippen LogP contribution in [-0.2, 0) is 30.7 Å². The van der Waals surface area contributed by atoms with Crippen LogP contribution < -0.4 is 0 Å². The standard InChI is InChI=1S/C17H25N5O2/c1-12-18-14-5-3-4-6-15(14)22(12)13-7-8-21(9-13)10-16-19-17(11-23-2)24-20-16/h13H,3-11H2,1-2H3. The molecular weight excluding hydrogens is 306 g/mol. The second kappa shape index (κ2) is 6.64. The number of aryl methyl sites for hydroxylation is 2. The molecule has 0 aromatic carbocycles.